The van der Waals surface area contributed by atoms with Gasteiger partial charge in [0.05, 0.1) is 41.0 Å². The highest BCUT2D eigenvalue weighted by atomic mass is 32.2. The fourth-order valence-corrected chi connectivity index (χ4v) is 6.53. The molecule has 1 aliphatic rings. The molecule has 0 unspecified atom stereocenters. The van der Waals surface area contributed by atoms with E-state index in [4.69, 9.17) is 4.74 Å². The van der Waals surface area contributed by atoms with Crippen molar-refractivity contribution < 1.29 is 23.6 Å². The number of aromatic nitrogens is 3. The first-order valence-electron chi connectivity index (χ1n) is 14.2. The summed E-state index contributed by atoms with van der Waals surface area (Å²) in [6.45, 7) is -0.0260. The SMILES string of the molecule is COc1cccc(C(=O)NCc2nnc(SCC(=O)N3N=C(c4cccs4)C[C@@H]3c3ccc(F)cc3)n2-c2ccc([N+](=O)[O-])cc2)c1. The van der Waals surface area contributed by atoms with Gasteiger partial charge in [-0.2, -0.15) is 5.10 Å². The van der Waals surface area contributed by atoms with Gasteiger partial charge in [-0.15, -0.1) is 21.5 Å². The Morgan fingerprint density at radius 3 is 2.57 bits per heavy atom. The molecule has 2 aromatic heterocycles. The Balaban J connectivity index is 1.25. The van der Waals surface area contributed by atoms with E-state index >= 15 is 0 Å². The molecule has 47 heavy (non-hydrogen) atoms. The molecule has 1 atom stereocenters. The Labute approximate surface area is 276 Å². The molecule has 1 aliphatic heterocycles. The van der Waals surface area contributed by atoms with Gasteiger partial charge in [-0.1, -0.05) is 36.0 Å². The zero-order chi connectivity index (χ0) is 32.9. The predicted octanol–water partition coefficient (Wildman–Crippen LogP) is 5.78. The topological polar surface area (TPSA) is 145 Å². The first-order valence-corrected chi connectivity index (χ1v) is 16.1. The number of halogens is 1. The molecule has 12 nitrogen and oxygen atoms in total. The van der Waals surface area contributed by atoms with Crippen molar-refractivity contribution in [1.82, 2.24) is 25.1 Å². The number of hydrazone groups is 1. The van der Waals surface area contributed by atoms with Crippen molar-refractivity contribution in [3.63, 3.8) is 0 Å². The van der Waals surface area contributed by atoms with Crippen LogP contribution in [0.3, 0.4) is 0 Å². The average molecular weight is 672 g/mol. The molecular formula is C32H26FN7O5S2. The lowest BCUT2D eigenvalue weighted by Crippen LogP contribution is -2.28. The van der Waals surface area contributed by atoms with Crippen LogP contribution in [0.5, 0.6) is 5.75 Å². The Morgan fingerprint density at radius 1 is 1.09 bits per heavy atom. The van der Waals surface area contributed by atoms with Crippen LogP contribution in [0.4, 0.5) is 10.1 Å². The van der Waals surface area contributed by atoms with E-state index in [0.717, 1.165) is 27.9 Å². The van der Waals surface area contributed by atoms with Crippen molar-refractivity contribution in [1.29, 1.82) is 0 Å². The summed E-state index contributed by atoms with van der Waals surface area (Å²) >= 11 is 2.63. The van der Waals surface area contributed by atoms with Gasteiger partial charge < -0.3 is 10.1 Å². The van der Waals surface area contributed by atoms with Crippen molar-refractivity contribution in [2.75, 3.05) is 12.9 Å². The molecule has 238 valence electrons. The highest BCUT2D eigenvalue weighted by Crippen LogP contribution is 2.35. The lowest BCUT2D eigenvalue weighted by atomic mass is 10.0. The molecule has 0 fully saturated rings. The van der Waals surface area contributed by atoms with Crippen LogP contribution in [0.1, 0.15) is 39.1 Å². The summed E-state index contributed by atoms with van der Waals surface area (Å²) in [5, 5.41) is 31.0. The molecule has 2 amide bonds. The highest BCUT2D eigenvalue weighted by molar-refractivity contribution is 7.99. The number of hydrogen-bond acceptors (Lipinski definition) is 10. The number of hydrogen-bond donors (Lipinski definition) is 1. The number of methoxy groups -OCH3 is 1. The number of carbonyl (C=O) groups is 2. The second-order valence-electron chi connectivity index (χ2n) is 10.2. The molecule has 0 aliphatic carbocycles. The number of nitro groups is 1. The summed E-state index contributed by atoms with van der Waals surface area (Å²) in [5.41, 5.74) is 2.30. The fraction of sp³-hybridized carbons (Fsp3) is 0.156. The van der Waals surface area contributed by atoms with E-state index in [1.54, 1.807) is 53.1 Å². The van der Waals surface area contributed by atoms with E-state index in [9.17, 15) is 24.1 Å². The number of nitrogens with zero attached hydrogens (tertiary/aromatic N) is 6. The van der Waals surface area contributed by atoms with E-state index in [0.29, 0.717) is 34.4 Å². The van der Waals surface area contributed by atoms with E-state index in [1.807, 2.05) is 17.5 Å². The van der Waals surface area contributed by atoms with Gasteiger partial charge in [0.25, 0.3) is 17.5 Å². The van der Waals surface area contributed by atoms with Crippen molar-refractivity contribution in [3.05, 3.63) is 128 Å². The Kier molecular flexibility index (Phi) is 9.35. The molecule has 5 aromatic rings. The molecule has 15 heteroatoms. The second-order valence-corrected chi connectivity index (χ2v) is 12.1. The quantitative estimate of drug-likeness (QED) is 0.106. The van der Waals surface area contributed by atoms with Crippen LogP contribution in [0.25, 0.3) is 5.69 Å². The summed E-state index contributed by atoms with van der Waals surface area (Å²) in [6, 6.07) is 21.9. The summed E-state index contributed by atoms with van der Waals surface area (Å²) < 4.78 is 20.6. The molecule has 3 heterocycles. The largest absolute Gasteiger partial charge is 0.497 e. The predicted molar refractivity (Wildman–Crippen MR) is 174 cm³/mol. The van der Waals surface area contributed by atoms with Gasteiger partial charge >= 0.3 is 0 Å². The zero-order valence-electron chi connectivity index (χ0n) is 24.8. The Hall–Kier alpha value is -5.41. The van der Waals surface area contributed by atoms with Crippen LogP contribution in [-0.4, -0.2) is 55.1 Å². The van der Waals surface area contributed by atoms with Crippen LogP contribution in [0, 0.1) is 15.9 Å². The number of thioether (sulfide) groups is 1. The molecule has 1 N–H and O–H groups in total. The maximum Gasteiger partial charge on any atom is 0.269 e. The fourth-order valence-electron chi connectivity index (χ4n) is 4.99. The van der Waals surface area contributed by atoms with Gasteiger partial charge in [0.2, 0.25) is 0 Å². The van der Waals surface area contributed by atoms with Gasteiger partial charge in [-0.3, -0.25) is 24.3 Å². The second kappa shape index (κ2) is 13.9. The summed E-state index contributed by atoms with van der Waals surface area (Å²) in [6.07, 6.45) is 0.471. The minimum Gasteiger partial charge on any atom is -0.497 e. The molecule has 0 saturated carbocycles. The van der Waals surface area contributed by atoms with E-state index in [-0.39, 0.29) is 35.6 Å². The van der Waals surface area contributed by atoms with Gasteiger partial charge in [-0.05, 0) is 59.5 Å². The van der Waals surface area contributed by atoms with Gasteiger partial charge in [0.15, 0.2) is 11.0 Å². The smallest absolute Gasteiger partial charge is 0.269 e. The molecule has 0 saturated heterocycles. The van der Waals surface area contributed by atoms with Crippen molar-refractivity contribution in [3.8, 4) is 11.4 Å². The van der Waals surface area contributed by atoms with E-state index < -0.39 is 11.0 Å². The maximum atomic E-state index is 13.7. The average Bonchev–Trinajstić information content (AvgIpc) is 3.87. The van der Waals surface area contributed by atoms with Crippen molar-refractivity contribution >= 4 is 46.3 Å². The third-order valence-electron chi connectivity index (χ3n) is 7.31. The molecule has 0 bridgehead atoms. The zero-order valence-corrected chi connectivity index (χ0v) is 26.4. The highest BCUT2D eigenvalue weighted by Gasteiger charge is 2.34. The first-order chi connectivity index (χ1) is 22.8. The van der Waals surface area contributed by atoms with Gasteiger partial charge in [-0.25, -0.2) is 9.40 Å². The van der Waals surface area contributed by atoms with Crippen LogP contribution in [-0.2, 0) is 11.3 Å². The minimum absolute atomic E-state index is 0.0260. The summed E-state index contributed by atoms with van der Waals surface area (Å²) in [7, 11) is 1.51. The summed E-state index contributed by atoms with van der Waals surface area (Å²) in [4.78, 5) is 38.3. The molecule has 3 aromatic carbocycles. The molecule has 0 radical (unpaired) electrons. The molecule has 0 spiro atoms. The lowest BCUT2D eigenvalue weighted by Gasteiger charge is -2.22. The Bertz CT molecular complexity index is 1950. The number of non-ortho nitro benzene ring substituents is 1. The number of amides is 2. The first kappa shape index (κ1) is 31.6. The number of carbonyl (C=O) groups excluding carboxylic acids is 2. The lowest BCUT2D eigenvalue weighted by molar-refractivity contribution is -0.384. The van der Waals surface area contributed by atoms with Gasteiger partial charge in [0.1, 0.15) is 11.6 Å². The number of benzene rings is 3. The number of rotatable bonds is 11. The molecular weight excluding hydrogens is 646 g/mol. The van der Waals surface area contributed by atoms with Crippen LogP contribution in [0.15, 0.2) is 101 Å². The maximum absolute atomic E-state index is 13.7. The van der Waals surface area contributed by atoms with E-state index in [1.165, 1.54) is 47.7 Å². The number of thiophene rings is 1. The van der Waals surface area contributed by atoms with Crippen LogP contribution in [0.2, 0.25) is 0 Å². The van der Waals surface area contributed by atoms with Crippen molar-refractivity contribution in [2.45, 2.75) is 24.2 Å². The standard InChI is InChI=1S/C32H26FN7O5S2/c1-45-25-5-2-4-21(16-25)31(42)34-18-29-35-36-32(38(29)23-11-13-24(14-12-23)40(43)44)47-19-30(41)39-27(20-7-9-22(33)10-8-20)17-26(37-39)28-6-3-15-46-28/h2-16,27H,17-19H2,1H3,(H,34,42)/t27-/m1/s1. The van der Waals surface area contributed by atoms with E-state index in [2.05, 4.69) is 20.6 Å². The normalized spacial score (nSPS) is 14.1. The van der Waals surface area contributed by atoms with Crippen LogP contribution >= 0.6 is 23.1 Å². The van der Waals surface area contributed by atoms with Crippen LogP contribution < -0.4 is 10.1 Å². The third-order valence-corrected chi connectivity index (χ3v) is 9.14. The van der Waals surface area contributed by atoms with Crippen molar-refractivity contribution in [2.24, 2.45) is 5.10 Å². The molecule has 6 rings (SSSR count). The Morgan fingerprint density at radius 2 is 1.87 bits per heavy atom. The number of ether oxygens (including phenoxy) is 1. The number of nitro benzene ring substituents is 1. The monoisotopic (exact) mass is 671 g/mol. The number of nitrogens with one attached hydrogen (secondary N) is 1. The third kappa shape index (κ3) is 7.05. The van der Waals surface area contributed by atoms with Gasteiger partial charge in [0, 0.05) is 29.8 Å². The summed E-state index contributed by atoms with van der Waals surface area (Å²) in [5.74, 6) is -0.246. The minimum atomic E-state index is -0.502.